The molecule has 1 atom stereocenters. The molecule has 0 saturated heterocycles. The van der Waals surface area contributed by atoms with E-state index in [0.29, 0.717) is 6.04 Å². The first-order valence-electron chi connectivity index (χ1n) is 6.61. The number of hydrogen-bond donors (Lipinski definition) is 1. The van der Waals surface area contributed by atoms with E-state index in [1.807, 2.05) is 0 Å². The van der Waals surface area contributed by atoms with Gasteiger partial charge in [0.1, 0.15) is 0 Å². The van der Waals surface area contributed by atoms with Crippen molar-refractivity contribution in [3.63, 3.8) is 0 Å². The van der Waals surface area contributed by atoms with Crippen molar-refractivity contribution in [1.29, 1.82) is 0 Å². The van der Waals surface area contributed by atoms with Crippen LogP contribution in [-0.4, -0.2) is 19.8 Å². The Hall–Kier alpha value is -0.860. The number of benzene rings is 1. The number of unbranched alkanes of at least 4 members (excludes halogenated alkanes) is 1. The third-order valence-corrected chi connectivity index (χ3v) is 3.06. The first-order chi connectivity index (χ1) is 8.33. The Labute approximate surface area is 105 Å². The van der Waals surface area contributed by atoms with Crippen LogP contribution in [0.3, 0.4) is 0 Å². The summed E-state index contributed by atoms with van der Waals surface area (Å²) < 4.78 is 5.02. The third kappa shape index (κ3) is 7.14. The van der Waals surface area contributed by atoms with E-state index in [4.69, 9.17) is 10.5 Å². The Morgan fingerprint density at radius 1 is 1.06 bits per heavy atom. The van der Waals surface area contributed by atoms with Crippen LogP contribution in [0.15, 0.2) is 30.3 Å². The van der Waals surface area contributed by atoms with Crippen molar-refractivity contribution in [2.45, 2.75) is 44.6 Å². The minimum absolute atomic E-state index is 0.357. The quantitative estimate of drug-likeness (QED) is 0.667. The van der Waals surface area contributed by atoms with Gasteiger partial charge in [0, 0.05) is 19.8 Å². The standard InChI is InChI=1S/C15H25NO/c1-17-13-6-5-11-15(16)12-7-10-14-8-3-2-4-9-14/h2-4,8-9,15H,5-7,10-13,16H2,1H3. The Morgan fingerprint density at radius 3 is 2.47 bits per heavy atom. The molecular formula is C15H25NO. The molecule has 0 aliphatic carbocycles. The average molecular weight is 235 g/mol. The summed E-state index contributed by atoms with van der Waals surface area (Å²) in [6.45, 7) is 0.858. The van der Waals surface area contributed by atoms with Crippen molar-refractivity contribution >= 4 is 0 Å². The van der Waals surface area contributed by atoms with Gasteiger partial charge in [0.05, 0.1) is 0 Å². The zero-order valence-corrected chi connectivity index (χ0v) is 10.9. The molecule has 1 rings (SSSR count). The Kier molecular flexibility index (Phi) is 7.69. The van der Waals surface area contributed by atoms with Crippen molar-refractivity contribution in [2.24, 2.45) is 5.73 Å². The molecule has 0 heterocycles. The Morgan fingerprint density at radius 2 is 1.76 bits per heavy atom. The summed E-state index contributed by atoms with van der Waals surface area (Å²) in [5, 5.41) is 0. The fourth-order valence-electron chi connectivity index (χ4n) is 2.01. The molecule has 0 bridgehead atoms. The van der Waals surface area contributed by atoms with Crippen LogP contribution in [0.4, 0.5) is 0 Å². The Balaban J connectivity index is 2.02. The summed E-state index contributed by atoms with van der Waals surface area (Å²) in [4.78, 5) is 0. The number of ether oxygens (including phenoxy) is 1. The summed E-state index contributed by atoms with van der Waals surface area (Å²) in [6, 6.07) is 11.0. The molecule has 0 spiro atoms. The molecule has 96 valence electrons. The molecule has 1 aromatic rings. The zero-order chi connectivity index (χ0) is 12.3. The van der Waals surface area contributed by atoms with Crippen LogP contribution in [0, 0.1) is 0 Å². The second-order valence-electron chi connectivity index (χ2n) is 4.63. The van der Waals surface area contributed by atoms with E-state index in [-0.39, 0.29) is 0 Å². The number of hydrogen-bond acceptors (Lipinski definition) is 2. The van der Waals surface area contributed by atoms with Gasteiger partial charge in [-0.15, -0.1) is 0 Å². The van der Waals surface area contributed by atoms with Crippen LogP contribution in [0.2, 0.25) is 0 Å². The lowest BCUT2D eigenvalue weighted by molar-refractivity contribution is 0.191. The van der Waals surface area contributed by atoms with Gasteiger partial charge in [0.15, 0.2) is 0 Å². The highest BCUT2D eigenvalue weighted by atomic mass is 16.5. The van der Waals surface area contributed by atoms with E-state index < -0.39 is 0 Å². The fourth-order valence-corrected chi connectivity index (χ4v) is 2.01. The highest BCUT2D eigenvalue weighted by molar-refractivity contribution is 5.14. The van der Waals surface area contributed by atoms with E-state index >= 15 is 0 Å². The maximum Gasteiger partial charge on any atom is 0.0462 e. The molecule has 0 aliphatic rings. The predicted octanol–water partition coefficient (Wildman–Crippen LogP) is 3.15. The van der Waals surface area contributed by atoms with Gasteiger partial charge in [0.25, 0.3) is 0 Å². The molecule has 17 heavy (non-hydrogen) atoms. The van der Waals surface area contributed by atoms with Gasteiger partial charge in [0.2, 0.25) is 0 Å². The van der Waals surface area contributed by atoms with Crippen molar-refractivity contribution < 1.29 is 4.74 Å². The highest BCUT2D eigenvalue weighted by Gasteiger charge is 2.02. The van der Waals surface area contributed by atoms with E-state index in [9.17, 15) is 0 Å². The average Bonchev–Trinajstić information content (AvgIpc) is 2.36. The number of aryl methyl sites for hydroxylation is 1. The number of methoxy groups -OCH3 is 1. The van der Waals surface area contributed by atoms with Crippen LogP contribution >= 0.6 is 0 Å². The van der Waals surface area contributed by atoms with Gasteiger partial charge in [-0.25, -0.2) is 0 Å². The van der Waals surface area contributed by atoms with Crippen molar-refractivity contribution in [3.8, 4) is 0 Å². The highest BCUT2D eigenvalue weighted by Crippen LogP contribution is 2.09. The zero-order valence-electron chi connectivity index (χ0n) is 10.9. The second-order valence-corrected chi connectivity index (χ2v) is 4.63. The number of nitrogens with two attached hydrogens (primary N) is 1. The lowest BCUT2D eigenvalue weighted by atomic mass is 10.0. The molecule has 2 N–H and O–H groups in total. The SMILES string of the molecule is COCCCCC(N)CCCc1ccccc1. The second kappa shape index (κ2) is 9.20. The van der Waals surface area contributed by atoms with Crippen LogP contribution in [0.25, 0.3) is 0 Å². The van der Waals surface area contributed by atoms with Gasteiger partial charge >= 0.3 is 0 Å². The summed E-state index contributed by atoms with van der Waals surface area (Å²) in [7, 11) is 1.75. The lowest BCUT2D eigenvalue weighted by Crippen LogP contribution is -2.19. The first kappa shape index (κ1) is 14.2. The first-order valence-corrected chi connectivity index (χ1v) is 6.61. The minimum atomic E-state index is 0.357. The largest absolute Gasteiger partial charge is 0.385 e. The van der Waals surface area contributed by atoms with E-state index in [1.54, 1.807) is 7.11 Å². The molecule has 1 aromatic carbocycles. The van der Waals surface area contributed by atoms with Crippen molar-refractivity contribution in [3.05, 3.63) is 35.9 Å². The number of rotatable bonds is 9. The molecule has 0 saturated carbocycles. The van der Waals surface area contributed by atoms with Gasteiger partial charge in [-0.2, -0.15) is 0 Å². The van der Waals surface area contributed by atoms with E-state index in [1.165, 1.54) is 18.4 Å². The van der Waals surface area contributed by atoms with E-state index in [0.717, 1.165) is 32.3 Å². The summed E-state index contributed by atoms with van der Waals surface area (Å²) in [5.74, 6) is 0. The van der Waals surface area contributed by atoms with Gasteiger partial charge < -0.3 is 10.5 Å². The maximum absolute atomic E-state index is 6.08. The van der Waals surface area contributed by atoms with Gasteiger partial charge in [-0.05, 0) is 44.1 Å². The Bertz CT molecular complexity index is 274. The lowest BCUT2D eigenvalue weighted by Gasteiger charge is -2.11. The van der Waals surface area contributed by atoms with Crippen LogP contribution in [0.5, 0.6) is 0 Å². The van der Waals surface area contributed by atoms with Crippen molar-refractivity contribution in [2.75, 3.05) is 13.7 Å². The van der Waals surface area contributed by atoms with Gasteiger partial charge in [-0.3, -0.25) is 0 Å². The monoisotopic (exact) mass is 235 g/mol. The van der Waals surface area contributed by atoms with Crippen LogP contribution in [0.1, 0.15) is 37.7 Å². The third-order valence-electron chi connectivity index (χ3n) is 3.06. The van der Waals surface area contributed by atoms with Gasteiger partial charge in [-0.1, -0.05) is 30.3 Å². The minimum Gasteiger partial charge on any atom is -0.385 e. The molecule has 0 amide bonds. The van der Waals surface area contributed by atoms with E-state index in [2.05, 4.69) is 30.3 Å². The summed E-state index contributed by atoms with van der Waals surface area (Å²) >= 11 is 0. The molecule has 0 radical (unpaired) electrons. The normalized spacial score (nSPS) is 12.6. The molecular weight excluding hydrogens is 210 g/mol. The smallest absolute Gasteiger partial charge is 0.0462 e. The maximum atomic E-state index is 6.08. The van der Waals surface area contributed by atoms with Crippen LogP contribution in [-0.2, 0) is 11.2 Å². The summed E-state index contributed by atoms with van der Waals surface area (Å²) in [5.41, 5.74) is 7.50. The molecule has 0 fully saturated rings. The molecule has 2 heteroatoms. The molecule has 2 nitrogen and oxygen atoms in total. The van der Waals surface area contributed by atoms with Crippen molar-refractivity contribution in [1.82, 2.24) is 0 Å². The molecule has 0 aromatic heterocycles. The molecule has 0 aliphatic heterocycles. The van der Waals surface area contributed by atoms with Crippen LogP contribution < -0.4 is 5.73 Å². The fraction of sp³-hybridized carbons (Fsp3) is 0.600. The summed E-state index contributed by atoms with van der Waals surface area (Å²) in [6.07, 6.45) is 6.89. The predicted molar refractivity (Wildman–Crippen MR) is 73.1 cm³/mol. The topological polar surface area (TPSA) is 35.2 Å². The molecule has 1 unspecified atom stereocenters.